The summed E-state index contributed by atoms with van der Waals surface area (Å²) in [6.45, 7) is 10.9. The highest BCUT2D eigenvalue weighted by Crippen LogP contribution is 2.11. The van der Waals surface area contributed by atoms with E-state index in [2.05, 4.69) is 11.9 Å². The van der Waals surface area contributed by atoms with Crippen LogP contribution in [0.2, 0.25) is 0 Å². The number of rotatable bonds is 10. The molecule has 0 saturated heterocycles. The molecule has 1 rings (SSSR count). The molecule has 0 bridgehead atoms. The van der Waals surface area contributed by atoms with Crippen LogP contribution in [0.5, 0.6) is 0 Å². The Balaban J connectivity index is 2.49. The Morgan fingerprint density at radius 1 is 1.23 bits per heavy atom. The van der Waals surface area contributed by atoms with E-state index in [1.165, 1.54) is 0 Å². The molecule has 1 unspecified atom stereocenters. The van der Waals surface area contributed by atoms with E-state index in [0.29, 0.717) is 19.8 Å². The lowest BCUT2D eigenvalue weighted by molar-refractivity contribution is -0.131. The van der Waals surface area contributed by atoms with Gasteiger partial charge in [0.1, 0.15) is 6.10 Å². The van der Waals surface area contributed by atoms with Gasteiger partial charge in [0, 0.05) is 6.54 Å². The standard InChI is InChI=1S/C18H27NO3/c1-5-6-11-21-15(4)18(20)19-12-16-9-7-8-10-17(16)13-22-14(2)3/h5,7-10,14-15H,1,6,11-13H2,2-4H3,(H,19,20). The first-order valence-electron chi connectivity index (χ1n) is 7.73. The minimum Gasteiger partial charge on any atom is -0.374 e. The molecule has 0 aliphatic rings. The van der Waals surface area contributed by atoms with Gasteiger partial charge >= 0.3 is 0 Å². The molecule has 1 aromatic rings. The summed E-state index contributed by atoms with van der Waals surface area (Å²) in [5.41, 5.74) is 2.16. The van der Waals surface area contributed by atoms with Crippen LogP contribution in [0, 0.1) is 0 Å². The van der Waals surface area contributed by atoms with Crippen molar-refractivity contribution in [1.29, 1.82) is 0 Å². The summed E-state index contributed by atoms with van der Waals surface area (Å²) in [4.78, 5) is 12.0. The largest absolute Gasteiger partial charge is 0.374 e. The van der Waals surface area contributed by atoms with Gasteiger partial charge in [-0.05, 0) is 38.3 Å². The van der Waals surface area contributed by atoms with Gasteiger partial charge in [-0.2, -0.15) is 0 Å². The Bertz CT molecular complexity index is 471. The van der Waals surface area contributed by atoms with Gasteiger partial charge in [-0.1, -0.05) is 30.3 Å². The van der Waals surface area contributed by atoms with Crippen LogP contribution in [0.25, 0.3) is 0 Å². The van der Waals surface area contributed by atoms with Crippen LogP contribution in [-0.4, -0.2) is 24.7 Å². The third-order valence-corrected chi connectivity index (χ3v) is 3.20. The van der Waals surface area contributed by atoms with Crippen molar-refractivity contribution < 1.29 is 14.3 Å². The predicted octanol–water partition coefficient (Wildman–Crippen LogP) is 3.21. The van der Waals surface area contributed by atoms with Gasteiger partial charge < -0.3 is 14.8 Å². The molecule has 4 heteroatoms. The van der Waals surface area contributed by atoms with Crippen LogP contribution in [0.3, 0.4) is 0 Å². The molecule has 1 amide bonds. The minimum absolute atomic E-state index is 0.108. The minimum atomic E-state index is -0.459. The molecule has 0 aromatic heterocycles. The molecule has 1 N–H and O–H groups in total. The summed E-state index contributed by atoms with van der Waals surface area (Å²) in [5.74, 6) is -0.108. The molecule has 0 spiro atoms. The van der Waals surface area contributed by atoms with E-state index >= 15 is 0 Å². The molecule has 0 heterocycles. The first-order valence-corrected chi connectivity index (χ1v) is 7.73. The van der Waals surface area contributed by atoms with E-state index in [1.807, 2.05) is 38.1 Å². The lowest BCUT2D eigenvalue weighted by Crippen LogP contribution is -2.34. The second kappa shape index (κ2) is 10.1. The number of benzene rings is 1. The average molecular weight is 305 g/mol. The highest BCUT2D eigenvalue weighted by atomic mass is 16.5. The number of hydrogen-bond acceptors (Lipinski definition) is 3. The normalized spacial score (nSPS) is 12.2. The Labute approximate surface area is 133 Å². The van der Waals surface area contributed by atoms with Crippen molar-refractivity contribution in [3.8, 4) is 0 Å². The summed E-state index contributed by atoms with van der Waals surface area (Å²) >= 11 is 0. The molecule has 122 valence electrons. The van der Waals surface area contributed by atoms with Crippen LogP contribution in [0.1, 0.15) is 38.3 Å². The number of hydrogen-bond donors (Lipinski definition) is 1. The molecule has 0 aliphatic carbocycles. The Morgan fingerprint density at radius 2 is 1.91 bits per heavy atom. The predicted molar refractivity (Wildman–Crippen MR) is 88.4 cm³/mol. The van der Waals surface area contributed by atoms with Gasteiger partial charge in [-0.25, -0.2) is 0 Å². The van der Waals surface area contributed by atoms with E-state index < -0.39 is 6.10 Å². The maximum absolute atomic E-state index is 12.0. The number of nitrogens with one attached hydrogen (secondary N) is 1. The fourth-order valence-electron chi connectivity index (χ4n) is 1.86. The van der Waals surface area contributed by atoms with Gasteiger partial charge in [-0.3, -0.25) is 4.79 Å². The van der Waals surface area contributed by atoms with Gasteiger partial charge in [0.05, 0.1) is 19.3 Å². The smallest absolute Gasteiger partial charge is 0.249 e. The van der Waals surface area contributed by atoms with Crippen LogP contribution >= 0.6 is 0 Å². The molecule has 0 radical (unpaired) electrons. The van der Waals surface area contributed by atoms with Crippen molar-refractivity contribution in [2.45, 2.75) is 52.6 Å². The zero-order chi connectivity index (χ0) is 16.4. The molecule has 4 nitrogen and oxygen atoms in total. The lowest BCUT2D eigenvalue weighted by Gasteiger charge is -2.15. The molecule has 1 atom stereocenters. The first-order chi connectivity index (χ1) is 10.5. The summed E-state index contributed by atoms with van der Waals surface area (Å²) in [6.07, 6.45) is 2.24. The van der Waals surface area contributed by atoms with Crippen LogP contribution in [-0.2, 0) is 27.4 Å². The zero-order valence-corrected chi connectivity index (χ0v) is 13.8. The van der Waals surface area contributed by atoms with Crippen LogP contribution < -0.4 is 5.32 Å². The molecule has 1 aromatic carbocycles. The molecule has 0 fully saturated rings. The number of carbonyl (C=O) groups is 1. The van der Waals surface area contributed by atoms with E-state index in [-0.39, 0.29) is 12.0 Å². The number of amides is 1. The van der Waals surface area contributed by atoms with Gasteiger partial charge in [-0.15, -0.1) is 6.58 Å². The molecule has 22 heavy (non-hydrogen) atoms. The summed E-state index contributed by atoms with van der Waals surface area (Å²) in [7, 11) is 0. The fourth-order valence-corrected chi connectivity index (χ4v) is 1.86. The van der Waals surface area contributed by atoms with Crippen molar-refractivity contribution in [2.75, 3.05) is 6.61 Å². The molecule has 0 aliphatic heterocycles. The van der Waals surface area contributed by atoms with Gasteiger partial charge in [0.25, 0.3) is 0 Å². The second-order valence-corrected chi connectivity index (χ2v) is 5.44. The molecular formula is C18H27NO3. The van der Waals surface area contributed by atoms with Crippen LogP contribution in [0.15, 0.2) is 36.9 Å². The Kier molecular flexibility index (Phi) is 8.48. The molecule has 0 saturated carbocycles. The highest BCUT2D eigenvalue weighted by molar-refractivity contribution is 5.80. The topological polar surface area (TPSA) is 47.6 Å². The lowest BCUT2D eigenvalue weighted by atomic mass is 10.1. The van der Waals surface area contributed by atoms with Crippen molar-refractivity contribution in [1.82, 2.24) is 5.32 Å². The number of carbonyl (C=O) groups excluding carboxylic acids is 1. The Hall–Kier alpha value is -1.65. The monoisotopic (exact) mass is 305 g/mol. The van der Waals surface area contributed by atoms with Crippen molar-refractivity contribution >= 4 is 5.91 Å². The maximum atomic E-state index is 12.0. The van der Waals surface area contributed by atoms with Crippen LogP contribution in [0.4, 0.5) is 0 Å². The third kappa shape index (κ3) is 6.87. The summed E-state index contributed by atoms with van der Waals surface area (Å²) in [5, 5.41) is 2.91. The second-order valence-electron chi connectivity index (χ2n) is 5.44. The fraction of sp³-hybridized carbons (Fsp3) is 0.500. The van der Waals surface area contributed by atoms with E-state index in [1.54, 1.807) is 13.0 Å². The van der Waals surface area contributed by atoms with Crippen molar-refractivity contribution in [3.63, 3.8) is 0 Å². The van der Waals surface area contributed by atoms with E-state index in [4.69, 9.17) is 9.47 Å². The SMILES string of the molecule is C=CCCOC(C)C(=O)NCc1ccccc1COC(C)C. The average Bonchev–Trinajstić information content (AvgIpc) is 2.51. The highest BCUT2D eigenvalue weighted by Gasteiger charge is 2.13. The van der Waals surface area contributed by atoms with Crippen molar-refractivity contribution in [2.24, 2.45) is 0 Å². The number of ether oxygens (including phenoxy) is 2. The van der Waals surface area contributed by atoms with Crippen molar-refractivity contribution in [3.05, 3.63) is 48.0 Å². The van der Waals surface area contributed by atoms with E-state index in [0.717, 1.165) is 17.5 Å². The summed E-state index contributed by atoms with van der Waals surface area (Å²) in [6, 6.07) is 7.96. The van der Waals surface area contributed by atoms with Gasteiger partial charge in [0.2, 0.25) is 5.91 Å². The third-order valence-electron chi connectivity index (χ3n) is 3.20. The van der Waals surface area contributed by atoms with Gasteiger partial charge in [0.15, 0.2) is 0 Å². The molecular weight excluding hydrogens is 278 g/mol. The quantitative estimate of drug-likeness (QED) is 0.533. The Morgan fingerprint density at radius 3 is 2.55 bits per heavy atom. The zero-order valence-electron chi connectivity index (χ0n) is 13.8. The first kappa shape index (κ1) is 18.4. The summed E-state index contributed by atoms with van der Waals surface area (Å²) < 4.78 is 11.1. The maximum Gasteiger partial charge on any atom is 0.249 e. The van der Waals surface area contributed by atoms with E-state index in [9.17, 15) is 4.79 Å².